The Morgan fingerprint density at radius 3 is 2.53 bits per heavy atom. The van der Waals surface area contributed by atoms with Crippen LogP contribution >= 0.6 is 0 Å². The number of hydrogen-bond acceptors (Lipinski definition) is 6. The minimum Gasteiger partial charge on any atom is -0.493 e. The molecule has 1 atom stereocenters. The molecule has 2 aromatic heterocycles. The van der Waals surface area contributed by atoms with E-state index in [-0.39, 0.29) is 5.92 Å². The molecule has 0 spiro atoms. The molecule has 0 saturated carbocycles. The first-order valence-electron chi connectivity index (χ1n) is 12.4. The van der Waals surface area contributed by atoms with Gasteiger partial charge in [-0.05, 0) is 28.6 Å². The standard InChI is InChI=1S/C31H24N4O3/c1-36-24-15-13-21(17-25(24)37-2)27-23-14-12-20-10-6-7-11-22(20)29(23)38-31-28(27)30-33-26(34-35(30)18-32-31)16-19-8-4-3-5-9-19/h3-15,17-18,27H,16H2,1-2H3/t27-/m1/s1. The van der Waals surface area contributed by atoms with Gasteiger partial charge in [0.1, 0.15) is 12.1 Å². The van der Waals surface area contributed by atoms with Crippen molar-refractivity contribution in [3.8, 4) is 23.1 Å². The third-order valence-corrected chi connectivity index (χ3v) is 7.09. The topological polar surface area (TPSA) is 70.8 Å². The Labute approximate surface area is 219 Å². The van der Waals surface area contributed by atoms with Gasteiger partial charge in [0.25, 0.3) is 0 Å². The van der Waals surface area contributed by atoms with E-state index in [1.54, 1.807) is 25.1 Å². The van der Waals surface area contributed by atoms with E-state index in [2.05, 4.69) is 42.5 Å². The summed E-state index contributed by atoms with van der Waals surface area (Å²) in [5.41, 5.74) is 4.79. The first-order valence-corrected chi connectivity index (χ1v) is 12.4. The van der Waals surface area contributed by atoms with Crippen LogP contribution in [0.5, 0.6) is 23.1 Å². The Morgan fingerprint density at radius 1 is 0.868 bits per heavy atom. The maximum Gasteiger partial charge on any atom is 0.228 e. The second kappa shape index (κ2) is 8.88. The molecule has 7 rings (SSSR count). The molecule has 0 radical (unpaired) electrons. The molecule has 186 valence electrons. The molecule has 38 heavy (non-hydrogen) atoms. The third kappa shape index (κ3) is 3.55. The minimum absolute atomic E-state index is 0.205. The molecule has 6 aromatic rings. The lowest BCUT2D eigenvalue weighted by atomic mass is 9.82. The minimum atomic E-state index is -0.205. The van der Waals surface area contributed by atoms with E-state index in [0.29, 0.717) is 23.8 Å². The third-order valence-electron chi connectivity index (χ3n) is 7.09. The van der Waals surface area contributed by atoms with Crippen LogP contribution in [0.15, 0.2) is 91.3 Å². The van der Waals surface area contributed by atoms with E-state index in [1.165, 1.54) is 0 Å². The molecule has 0 unspecified atom stereocenters. The van der Waals surface area contributed by atoms with Gasteiger partial charge in [0.2, 0.25) is 5.88 Å². The van der Waals surface area contributed by atoms with Crippen molar-refractivity contribution in [3.05, 3.63) is 119 Å². The zero-order valence-electron chi connectivity index (χ0n) is 21.0. The number of methoxy groups -OCH3 is 2. The summed E-state index contributed by atoms with van der Waals surface area (Å²) < 4.78 is 19.5. The van der Waals surface area contributed by atoms with Crippen molar-refractivity contribution in [1.29, 1.82) is 0 Å². The van der Waals surface area contributed by atoms with Crippen molar-refractivity contribution in [2.45, 2.75) is 12.3 Å². The van der Waals surface area contributed by atoms with Crippen molar-refractivity contribution >= 4 is 16.4 Å². The molecular weight excluding hydrogens is 476 g/mol. The van der Waals surface area contributed by atoms with Crippen LogP contribution in [0, 0.1) is 0 Å². The largest absolute Gasteiger partial charge is 0.493 e. The number of fused-ring (bicyclic) bond motifs is 6. The summed E-state index contributed by atoms with van der Waals surface area (Å²) in [4.78, 5) is 9.69. The first kappa shape index (κ1) is 22.3. The van der Waals surface area contributed by atoms with Gasteiger partial charge in [-0.3, -0.25) is 0 Å². The van der Waals surface area contributed by atoms with Crippen molar-refractivity contribution in [3.63, 3.8) is 0 Å². The van der Waals surface area contributed by atoms with Crippen LogP contribution in [0.25, 0.3) is 16.4 Å². The summed E-state index contributed by atoms with van der Waals surface area (Å²) >= 11 is 0. The molecule has 7 heteroatoms. The molecular formula is C31H24N4O3. The van der Waals surface area contributed by atoms with Crippen molar-refractivity contribution in [2.75, 3.05) is 14.2 Å². The van der Waals surface area contributed by atoms with Crippen LogP contribution in [0.1, 0.15) is 34.0 Å². The summed E-state index contributed by atoms with van der Waals surface area (Å²) in [7, 11) is 3.29. The fraction of sp³-hybridized carbons (Fsp3) is 0.129. The Hall–Kier alpha value is -4.91. The van der Waals surface area contributed by atoms with E-state index in [1.807, 2.05) is 42.5 Å². The highest BCUT2D eigenvalue weighted by molar-refractivity contribution is 5.91. The first-order chi connectivity index (χ1) is 18.7. The average Bonchev–Trinajstić information content (AvgIpc) is 3.38. The second-order valence-electron chi connectivity index (χ2n) is 9.28. The van der Waals surface area contributed by atoms with Crippen molar-refractivity contribution in [2.24, 2.45) is 0 Å². The number of aromatic nitrogens is 4. The van der Waals surface area contributed by atoms with E-state index in [4.69, 9.17) is 29.3 Å². The predicted octanol–water partition coefficient (Wildman–Crippen LogP) is 6.17. The van der Waals surface area contributed by atoms with Gasteiger partial charge in [-0.1, -0.05) is 72.8 Å². The molecule has 0 N–H and O–H groups in total. The molecule has 0 aliphatic carbocycles. The Morgan fingerprint density at radius 2 is 1.68 bits per heavy atom. The maximum absolute atomic E-state index is 6.53. The predicted molar refractivity (Wildman–Crippen MR) is 145 cm³/mol. The molecule has 0 bridgehead atoms. The lowest BCUT2D eigenvalue weighted by molar-refractivity contribution is 0.354. The molecule has 0 saturated heterocycles. The van der Waals surface area contributed by atoms with Crippen molar-refractivity contribution < 1.29 is 14.2 Å². The fourth-order valence-corrected chi connectivity index (χ4v) is 5.32. The molecule has 3 heterocycles. The van der Waals surface area contributed by atoms with Gasteiger partial charge in [0.15, 0.2) is 23.0 Å². The highest BCUT2D eigenvalue weighted by Gasteiger charge is 2.34. The summed E-state index contributed by atoms with van der Waals surface area (Å²) in [5, 5.41) is 6.90. The van der Waals surface area contributed by atoms with E-state index < -0.39 is 0 Å². The molecule has 0 amide bonds. The normalized spacial score (nSPS) is 14.1. The Balaban J connectivity index is 1.46. The van der Waals surface area contributed by atoms with Crippen LogP contribution in [0.2, 0.25) is 0 Å². The summed E-state index contributed by atoms with van der Waals surface area (Å²) in [6.45, 7) is 0. The van der Waals surface area contributed by atoms with E-state index in [0.717, 1.165) is 50.2 Å². The van der Waals surface area contributed by atoms with Crippen LogP contribution in [0.4, 0.5) is 0 Å². The van der Waals surface area contributed by atoms with Crippen molar-refractivity contribution in [1.82, 2.24) is 19.6 Å². The zero-order valence-corrected chi connectivity index (χ0v) is 21.0. The maximum atomic E-state index is 6.53. The van der Waals surface area contributed by atoms with Gasteiger partial charge in [-0.15, -0.1) is 5.10 Å². The smallest absolute Gasteiger partial charge is 0.228 e. The monoisotopic (exact) mass is 500 g/mol. The number of rotatable bonds is 5. The molecule has 4 aromatic carbocycles. The average molecular weight is 501 g/mol. The van der Waals surface area contributed by atoms with E-state index >= 15 is 0 Å². The van der Waals surface area contributed by atoms with Crippen LogP contribution in [0.3, 0.4) is 0 Å². The molecule has 1 aliphatic rings. The summed E-state index contributed by atoms with van der Waals surface area (Å²) in [6.07, 6.45) is 2.30. The van der Waals surface area contributed by atoms with Crippen LogP contribution in [-0.4, -0.2) is 33.8 Å². The van der Waals surface area contributed by atoms with Gasteiger partial charge in [0.05, 0.1) is 19.8 Å². The van der Waals surface area contributed by atoms with Crippen LogP contribution in [-0.2, 0) is 6.42 Å². The highest BCUT2D eigenvalue weighted by Crippen LogP contribution is 2.51. The zero-order chi connectivity index (χ0) is 25.6. The molecule has 7 nitrogen and oxygen atoms in total. The Kier molecular flexibility index (Phi) is 5.21. The molecule has 0 fully saturated rings. The second-order valence-corrected chi connectivity index (χ2v) is 9.28. The lowest BCUT2D eigenvalue weighted by Gasteiger charge is -2.29. The van der Waals surface area contributed by atoms with Gasteiger partial charge in [0, 0.05) is 23.3 Å². The highest BCUT2D eigenvalue weighted by atomic mass is 16.5. The summed E-state index contributed by atoms with van der Waals surface area (Å²) in [5.74, 6) is 3.18. The van der Waals surface area contributed by atoms with Crippen LogP contribution < -0.4 is 14.2 Å². The quantitative estimate of drug-likeness (QED) is 0.281. The van der Waals surface area contributed by atoms with Gasteiger partial charge in [-0.2, -0.15) is 0 Å². The van der Waals surface area contributed by atoms with Gasteiger partial charge in [-0.25, -0.2) is 14.5 Å². The van der Waals surface area contributed by atoms with E-state index in [9.17, 15) is 0 Å². The van der Waals surface area contributed by atoms with Gasteiger partial charge < -0.3 is 14.2 Å². The number of benzene rings is 4. The summed E-state index contributed by atoms with van der Waals surface area (Å²) in [6, 6.07) is 28.7. The molecule has 1 aliphatic heterocycles. The number of hydrogen-bond donors (Lipinski definition) is 0. The number of ether oxygens (including phenoxy) is 3. The Bertz CT molecular complexity index is 1810. The fourth-order valence-electron chi connectivity index (χ4n) is 5.32. The number of nitrogens with zero attached hydrogens (tertiary/aromatic N) is 4. The lowest BCUT2D eigenvalue weighted by Crippen LogP contribution is -2.15. The SMILES string of the molecule is COc1ccc([C@@H]2c3ccc4ccccc4c3Oc3ncn4nc(Cc5ccccc5)nc4c32)cc1OC. The van der Waals surface area contributed by atoms with Gasteiger partial charge >= 0.3 is 0 Å².